The molecule has 0 bridgehead atoms. The lowest BCUT2D eigenvalue weighted by Crippen LogP contribution is -2.48. The second-order valence-corrected chi connectivity index (χ2v) is 15.0. The molecule has 0 spiro atoms. The minimum Gasteiger partial charge on any atom is -0.465 e. The fourth-order valence-corrected chi connectivity index (χ4v) is 4.74. The van der Waals surface area contributed by atoms with Gasteiger partial charge < -0.3 is 19.7 Å². The third-order valence-electron chi connectivity index (χ3n) is 5.03. The topological polar surface area (TPSA) is 79.6 Å². The quantitative estimate of drug-likeness (QED) is 0.466. The van der Waals surface area contributed by atoms with Crippen LogP contribution < -0.4 is 10.2 Å². The van der Waals surface area contributed by atoms with E-state index in [9.17, 15) is 9.90 Å². The molecule has 1 atom stereocenters. The van der Waals surface area contributed by atoms with Crippen LogP contribution in [-0.2, 0) is 11.5 Å². The lowest BCUT2D eigenvalue weighted by molar-refractivity contribution is 0.0899. The SMILES string of the molecule is C[Si](C)(C)CCOCn1ccc2c(N(C(=O)O)C3CCCNC3)c(Br)cnc21. The molecular weight excluding hydrogens is 440 g/mol. The summed E-state index contributed by atoms with van der Waals surface area (Å²) in [6, 6.07) is 2.94. The van der Waals surface area contributed by atoms with Crippen molar-refractivity contribution in [2.45, 2.75) is 51.3 Å². The second-order valence-electron chi connectivity index (χ2n) is 8.48. The average molecular weight is 469 g/mol. The van der Waals surface area contributed by atoms with E-state index in [2.05, 4.69) is 45.9 Å². The van der Waals surface area contributed by atoms with E-state index in [1.54, 1.807) is 6.20 Å². The fourth-order valence-electron chi connectivity index (χ4n) is 3.48. The van der Waals surface area contributed by atoms with Crippen LogP contribution in [0.4, 0.5) is 10.5 Å². The predicted molar refractivity (Wildman–Crippen MR) is 118 cm³/mol. The molecule has 0 radical (unpaired) electrons. The van der Waals surface area contributed by atoms with E-state index in [1.165, 1.54) is 4.90 Å². The Labute approximate surface area is 175 Å². The van der Waals surface area contributed by atoms with Gasteiger partial charge in [0.2, 0.25) is 0 Å². The molecule has 28 heavy (non-hydrogen) atoms. The summed E-state index contributed by atoms with van der Waals surface area (Å²) in [7, 11) is -1.13. The first-order valence-corrected chi connectivity index (χ1v) is 14.2. The maximum Gasteiger partial charge on any atom is 0.412 e. The third kappa shape index (κ3) is 4.94. The van der Waals surface area contributed by atoms with Gasteiger partial charge >= 0.3 is 6.09 Å². The molecule has 0 saturated carbocycles. The molecule has 0 aliphatic carbocycles. The highest BCUT2D eigenvalue weighted by Gasteiger charge is 2.30. The molecule has 2 aromatic heterocycles. The minimum absolute atomic E-state index is 0.0931. The van der Waals surface area contributed by atoms with Crippen LogP contribution in [0.3, 0.4) is 0 Å². The largest absolute Gasteiger partial charge is 0.465 e. The molecule has 1 aliphatic rings. The zero-order valence-corrected chi connectivity index (χ0v) is 19.3. The number of nitrogens with zero attached hydrogens (tertiary/aromatic N) is 3. The molecule has 154 valence electrons. The maximum absolute atomic E-state index is 12.1. The Morgan fingerprint density at radius 1 is 1.50 bits per heavy atom. The summed E-state index contributed by atoms with van der Waals surface area (Å²) < 4.78 is 8.49. The van der Waals surface area contributed by atoms with Gasteiger partial charge in [0.05, 0.1) is 16.2 Å². The number of hydrogen-bond donors (Lipinski definition) is 2. The molecule has 3 heterocycles. The number of anilines is 1. The number of fused-ring (bicyclic) bond motifs is 1. The molecule has 1 unspecified atom stereocenters. The van der Waals surface area contributed by atoms with Gasteiger partial charge in [-0.25, -0.2) is 9.78 Å². The van der Waals surface area contributed by atoms with Crippen molar-refractivity contribution < 1.29 is 14.6 Å². The van der Waals surface area contributed by atoms with Crippen LogP contribution in [0.15, 0.2) is 22.9 Å². The van der Waals surface area contributed by atoms with Crippen molar-refractivity contribution in [1.29, 1.82) is 0 Å². The minimum atomic E-state index is -1.13. The van der Waals surface area contributed by atoms with Gasteiger partial charge in [0, 0.05) is 39.0 Å². The summed E-state index contributed by atoms with van der Waals surface area (Å²) in [6.07, 6.45) is 4.47. The summed E-state index contributed by atoms with van der Waals surface area (Å²) >= 11 is 3.52. The van der Waals surface area contributed by atoms with Gasteiger partial charge in [-0.05, 0) is 47.4 Å². The van der Waals surface area contributed by atoms with E-state index in [4.69, 9.17) is 4.74 Å². The molecule has 2 aromatic rings. The maximum atomic E-state index is 12.1. The summed E-state index contributed by atoms with van der Waals surface area (Å²) in [6.45, 7) is 9.72. The molecule has 0 aromatic carbocycles. The highest BCUT2D eigenvalue weighted by Crippen LogP contribution is 2.36. The Bertz CT molecular complexity index is 830. The van der Waals surface area contributed by atoms with Crippen LogP contribution >= 0.6 is 15.9 Å². The van der Waals surface area contributed by atoms with Gasteiger partial charge in [-0.1, -0.05) is 19.6 Å². The molecule has 1 amide bonds. The van der Waals surface area contributed by atoms with E-state index in [1.807, 2.05) is 16.8 Å². The molecule has 7 nitrogen and oxygen atoms in total. The summed E-state index contributed by atoms with van der Waals surface area (Å²) in [5, 5.41) is 14.1. The highest BCUT2D eigenvalue weighted by atomic mass is 79.9. The van der Waals surface area contributed by atoms with Crippen molar-refractivity contribution in [3.63, 3.8) is 0 Å². The number of hydrogen-bond acceptors (Lipinski definition) is 4. The summed E-state index contributed by atoms with van der Waals surface area (Å²) in [4.78, 5) is 18.1. The molecular formula is C19H29BrN4O3Si. The van der Waals surface area contributed by atoms with E-state index in [0.29, 0.717) is 23.4 Å². The van der Waals surface area contributed by atoms with E-state index in [-0.39, 0.29) is 6.04 Å². The second kappa shape index (κ2) is 8.94. The normalized spacial score (nSPS) is 17.8. The number of aromatic nitrogens is 2. The van der Waals surface area contributed by atoms with Crippen molar-refractivity contribution in [3.05, 3.63) is 22.9 Å². The fraction of sp³-hybridized carbons (Fsp3) is 0.579. The highest BCUT2D eigenvalue weighted by molar-refractivity contribution is 9.10. The number of pyridine rings is 1. The van der Waals surface area contributed by atoms with Gasteiger partial charge in [-0.15, -0.1) is 0 Å². The molecule has 9 heteroatoms. The van der Waals surface area contributed by atoms with Crippen LogP contribution in [0.1, 0.15) is 12.8 Å². The van der Waals surface area contributed by atoms with Crippen molar-refractivity contribution in [1.82, 2.24) is 14.9 Å². The van der Waals surface area contributed by atoms with Gasteiger partial charge in [0.1, 0.15) is 12.4 Å². The number of rotatable bonds is 7. The number of piperidine rings is 1. The Morgan fingerprint density at radius 2 is 2.29 bits per heavy atom. The van der Waals surface area contributed by atoms with Gasteiger partial charge in [-0.3, -0.25) is 4.90 Å². The molecule has 3 rings (SSSR count). The standard InChI is InChI=1S/C19H29BrN4O3Si/c1-28(2,3)10-9-27-13-23-8-6-15-17(16(20)12-22-18(15)23)24(19(25)26)14-5-4-7-21-11-14/h6,8,12,14,21H,4-5,7,9-11,13H2,1-3H3,(H,25,26). The van der Waals surface area contributed by atoms with E-state index in [0.717, 1.165) is 43.1 Å². The van der Waals surface area contributed by atoms with Crippen LogP contribution in [0.25, 0.3) is 11.0 Å². The Hall–Kier alpha value is -1.42. The van der Waals surface area contributed by atoms with Crippen LogP contribution in [-0.4, -0.2) is 54.6 Å². The molecule has 1 saturated heterocycles. The van der Waals surface area contributed by atoms with Gasteiger partial charge in [0.25, 0.3) is 0 Å². The molecule has 2 N–H and O–H groups in total. The monoisotopic (exact) mass is 468 g/mol. The number of carboxylic acid groups (broad SMARTS) is 1. The zero-order valence-electron chi connectivity index (χ0n) is 16.7. The first kappa shape index (κ1) is 21.3. The third-order valence-corrected chi connectivity index (χ3v) is 7.31. The summed E-state index contributed by atoms with van der Waals surface area (Å²) in [5.74, 6) is 0. The number of ether oxygens (including phenoxy) is 1. The number of amides is 1. The zero-order chi connectivity index (χ0) is 20.3. The van der Waals surface area contributed by atoms with Crippen LogP contribution in [0, 0.1) is 0 Å². The Balaban J connectivity index is 1.87. The van der Waals surface area contributed by atoms with E-state index >= 15 is 0 Å². The van der Waals surface area contributed by atoms with Crippen molar-refractivity contribution in [2.75, 3.05) is 24.6 Å². The predicted octanol–water partition coefficient (Wildman–Crippen LogP) is 4.35. The van der Waals surface area contributed by atoms with Gasteiger partial charge in [0.15, 0.2) is 0 Å². The Morgan fingerprint density at radius 3 is 2.93 bits per heavy atom. The first-order valence-electron chi connectivity index (χ1n) is 9.72. The Kier molecular flexibility index (Phi) is 6.80. The number of halogens is 1. The number of nitrogens with one attached hydrogen (secondary N) is 1. The van der Waals surface area contributed by atoms with Crippen LogP contribution in [0.5, 0.6) is 0 Å². The number of carbonyl (C=O) groups is 1. The van der Waals surface area contributed by atoms with Crippen molar-refractivity contribution >= 4 is 46.8 Å². The lowest BCUT2D eigenvalue weighted by atomic mass is 10.1. The van der Waals surface area contributed by atoms with Gasteiger partial charge in [-0.2, -0.15) is 0 Å². The van der Waals surface area contributed by atoms with Crippen LogP contribution in [0.2, 0.25) is 25.7 Å². The molecule has 1 aliphatic heterocycles. The first-order chi connectivity index (χ1) is 13.3. The smallest absolute Gasteiger partial charge is 0.412 e. The molecule has 1 fully saturated rings. The van der Waals surface area contributed by atoms with Crippen molar-refractivity contribution in [2.24, 2.45) is 0 Å². The lowest BCUT2D eigenvalue weighted by Gasteiger charge is -2.33. The van der Waals surface area contributed by atoms with E-state index < -0.39 is 14.2 Å². The average Bonchev–Trinajstić information content (AvgIpc) is 3.04. The summed E-state index contributed by atoms with van der Waals surface area (Å²) in [5.41, 5.74) is 1.40. The van der Waals surface area contributed by atoms with Crippen molar-refractivity contribution in [3.8, 4) is 0 Å².